The maximum absolute atomic E-state index is 5.68. The summed E-state index contributed by atoms with van der Waals surface area (Å²) in [5.41, 5.74) is 2.27. The van der Waals surface area contributed by atoms with E-state index in [1.54, 1.807) is 0 Å². The van der Waals surface area contributed by atoms with Gasteiger partial charge in [0, 0.05) is 0 Å². The number of rotatable bonds is 5. The molecule has 1 aromatic carbocycles. The summed E-state index contributed by atoms with van der Waals surface area (Å²) in [6.07, 6.45) is 3.91. The smallest absolute Gasteiger partial charge is 0.120 e. The van der Waals surface area contributed by atoms with Crippen molar-refractivity contribution in [3.05, 3.63) is 42.0 Å². The molecule has 1 nitrogen and oxygen atoms in total. The Labute approximate surface area is 92.8 Å². The molecule has 0 saturated carbocycles. The van der Waals surface area contributed by atoms with Gasteiger partial charge in [0.1, 0.15) is 5.75 Å². The van der Waals surface area contributed by atoms with Gasteiger partial charge in [-0.2, -0.15) is 0 Å². The molecule has 81 valence electrons. The van der Waals surface area contributed by atoms with Gasteiger partial charge >= 0.3 is 0 Å². The Bertz CT molecular complexity index is 326. The molecular weight excluding hydrogens is 184 g/mol. The highest BCUT2D eigenvalue weighted by molar-refractivity contribution is 5.37. The molecule has 0 aliphatic heterocycles. The first-order valence-corrected chi connectivity index (χ1v) is 5.45. The van der Waals surface area contributed by atoms with Gasteiger partial charge in [0.15, 0.2) is 0 Å². The molecular formula is C14H19O. The molecule has 0 unspecified atom stereocenters. The van der Waals surface area contributed by atoms with E-state index in [9.17, 15) is 0 Å². The largest absolute Gasteiger partial charge is 0.493 e. The summed E-state index contributed by atoms with van der Waals surface area (Å²) in [7, 11) is 0. The van der Waals surface area contributed by atoms with Crippen molar-refractivity contribution < 1.29 is 4.74 Å². The molecule has 15 heavy (non-hydrogen) atoms. The normalized spacial score (nSPS) is 10.4. The lowest BCUT2D eigenvalue weighted by atomic mass is 10.1. The van der Waals surface area contributed by atoms with Crippen LogP contribution < -0.4 is 4.74 Å². The molecule has 0 fully saturated rings. The third-order valence-electron chi connectivity index (χ3n) is 2.16. The zero-order valence-electron chi connectivity index (χ0n) is 9.84. The maximum atomic E-state index is 5.68. The van der Waals surface area contributed by atoms with E-state index in [1.807, 2.05) is 6.07 Å². The molecule has 0 spiro atoms. The number of benzene rings is 1. The van der Waals surface area contributed by atoms with Crippen LogP contribution in [-0.2, 0) is 6.42 Å². The number of aryl methyl sites for hydroxylation is 1. The van der Waals surface area contributed by atoms with Gasteiger partial charge in [0.05, 0.1) is 6.61 Å². The molecule has 0 bridgehead atoms. The Morgan fingerprint density at radius 1 is 1.33 bits per heavy atom. The van der Waals surface area contributed by atoms with Gasteiger partial charge in [0.2, 0.25) is 0 Å². The van der Waals surface area contributed by atoms with Gasteiger partial charge in [0.25, 0.3) is 0 Å². The van der Waals surface area contributed by atoms with Crippen molar-refractivity contribution in [3.8, 4) is 5.75 Å². The van der Waals surface area contributed by atoms with Gasteiger partial charge in [-0.25, -0.2) is 0 Å². The summed E-state index contributed by atoms with van der Waals surface area (Å²) in [6.45, 7) is 10.8. The molecule has 0 amide bonds. The molecule has 0 saturated heterocycles. The molecule has 1 rings (SSSR count). The first-order chi connectivity index (χ1) is 7.15. The molecule has 0 aromatic heterocycles. The predicted octanol–water partition coefficient (Wildman–Crippen LogP) is 3.62. The molecule has 0 atom stereocenters. The van der Waals surface area contributed by atoms with E-state index >= 15 is 0 Å². The quantitative estimate of drug-likeness (QED) is 0.710. The second-order valence-electron chi connectivity index (χ2n) is 4.10. The van der Waals surface area contributed by atoms with Crippen LogP contribution >= 0.6 is 0 Å². The number of ether oxygens (including phenoxy) is 1. The molecule has 0 aliphatic carbocycles. The lowest BCUT2D eigenvalue weighted by molar-refractivity contribution is 0.271. The summed E-state index contributed by atoms with van der Waals surface area (Å²) in [4.78, 5) is 0. The molecule has 1 radical (unpaired) electrons. The van der Waals surface area contributed by atoms with E-state index in [2.05, 4.69) is 45.6 Å². The summed E-state index contributed by atoms with van der Waals surface area (Å²) in [5, 5.41) is 0. The molecule has 1 heteroatoms. The van der Waals surface area contributed by atoms with E-state index in [1.165, 1.54) is 5.56 Å². The Kier molecular flexibility index (Phi) is 4.41. The summed E-state index contributed by atoms with van der Waals surface area (Å²) in [5.74, 6) is 1.47. The van der Waals surface area contributed by atoms with Crippen LogP contribution in [0.5, 0.6) is 5.75 Å². The Hall–Kier alpha value is -1.24. The van der Waals surface area contributed by atoms with Gasteiger partial charge in [-0.15, -0.1) is 0 Å². The standard InChI is InChI=1S/C14H19O/c1-5-12-7-13(6-2)9-14(8-12)15-10-11(3)4/h7-9,11H,1,6,10H2,2-4H3. The van der Waals surface area contributed by atoms with Crippen molar-refractivity contribution in [1.82, 2.24) is 0 Å². The van der Waals surface area contributed by atoms with Crippen molar-refractivity contribution in [2.45, 2.75) is 27.2 Å². The highest BCUT2D eigenvalue weighted by Crippen LogP contribution is 2.18. The minimum absolute atomic E-state index is 0.548. The third-order valence-corrected chi connectivity index (χ3v) is 2.16. The highest BCUT2D eigenvalue weighted by atomic mass is 16.5. The fourth-order valence-corrected chi connectivity index (χ4v) is 1.31. The van der Waals surface area contributed by atoms with Gasteiger partial charge < -0.3 is 4.74 Å². The zero-order chi connectivity index (χ0) is 11.3. The van der Waals surface area contributed by atoms with Crippen molar-refractivity contribution >= 4 is 0 Å². The predicted molar refractivity (Wildman–Crippen MR) is 64.1 cm³/mol. The van der Waals surface area contributed by atoms with Gasteiger partial charge in [-0.05, 0) is 41.7 Å². The number of hydrogen-bond donors (Lipinski definition) is 0. The zero-order valence-corrected chi connectivity index (χ0v) is 9.84. The van der Waals surface area contributed by atoms with Crippen LogP contribution in [0.1, 0.15) is 31.9 Å². The average Bonchev–Trinajstić information content (AvgIpc) is 2.25. The van der Waals surface area contributed by atoms with E-state index < -0.39 is 0 Å². The average molecular weight is 203 g/mol. The van der Waals surface area contributed by atoms with Crippen LogP contribution in [0, 0.1) is 12.0 Å². The topological polar surface area (TPSA) is 9.23 Å². The van der Waals surface area contributed by atoms with Crippen molar-refractivity contribution in [3.63, 3.8) is 0 Å². The second-order valence-corrected chi connectivity index (χ2v) is 4.10. The van der Waals surface area contributed by atoms with Gasteiger partial charge in [-0.1, -0.05) is 33.4 Å². The molecule has 0 N–H and O–H groups in total. The Balaban J connectivity index is 2.82. The molecule has 0 aliphatic rings. The van der Waals surface area contributed by atoms with Crippen LogP contribution in [0.3, 0.4) is 0 Å². The number of hydrogen-bond acceptors (Lipinski definition) is 1. The summed E-state index contributed by atoms with van der Waals surface area (Å²) >= 11 is 0. The maximum Gasteiger partial charge on any atom is 0.120 e. The SMILES string of the molecule is C=[C]c1cc(CC)cc(OCC(C)C)c1. The van der Waals surface area contributed by atoms with Crippen molar-refractivity contribution in [2.75, 3.05) is 6.61 Å². The highest BCUT2D eigenvalue weighted by Gasteiger charge is 2.00. The van der Waals surface area contributed by atoms with Crippen LogP contribution in [0.25, 0.3) is 0 Å². The fourth-order valence-electron chi connectivity index (χ4n) is 1.31. The summed E-state index contributed by atoms with van der Waals surface area (Å²) < 4.78 is 5.68. The molecule has 0 heterocycles. The van der Waals surface area contributed by atoms with E-state index in [0.29, 0.717) is 5.92 Å². The monoisotopic (exact) mass is 203 g/mol. The summed E-state index contributed by atoms with van der Waals surface area (Å²) in [6, 6.07) is 6.16. The minimum atomic E-state index is 0.548. The van der Waals surface area contributed by atoms with Crippen LogP contribution in [-0.4, -0.2) is 6.61 Å². The fraction of sp³-hybridized carbons (Fsp3) is 0.429. The lowest BCUT2D eigenvalue weighted by Crippen LogP contribution is -2.04. The third kappa shape index (κ3) is 3.78. The van der Waals surface area contributed by atoms with E-state index in [4.69, 9.17) is 4.74 Å². The lowest BCUT2D eigenvalue weighted by Gasteiger charge is -2.10. The Morgan fingerprint density at radius 2 is 2.07 bits per heavy atom. The first kappa shape index (κ1) is 11.8. The van der Waals surface area contributed by atoms with E-state index in [-0.39, 0.29) is 0 Å². The second kappa shape index (κ2) is 5.59. The van der Waals surface area contributed by atoms with Crippen molar-refractivity contribution in [1.29, 1.82) is 0 Å². The first-order valence-electron chi connectivity index (χ1n) is 5.45. The van der Waals surface area contributed by atoms with Crippen molar-refractivity contribution in [2.24, 2.45) is 5.92 Å². The minimum Gasteiger partial charge on any atom is -0.493 e. The van der Waals surface area contributed by atoms with Crippen LogP contribution in [0.15, 0.2) is 24.8 Å². The van der Waals surface area contributed by atoms with Crippen LogP contribution in [0.4, 0.5) is 0 Å². The van der Waals surface area contributed by atoms with Gasteiger partial charge in [-0.3, -0.25) is 0 Å². The van der Waals surface area contributed by atoms with E-state index in [0.717, 1.165) is 24.3 Å². The molecule has 1 aromatic rings. The van der Waals surface area contributed by atoms with Crippen LogP contribution in [0.2, 0.25) is 0 Å². The Morgan fingerprint density at radius 3 is 2.60 bits per heavy atom.